The van der Waals surface area contributed by atoms with Gasteiger partial charge < -0.3 is 14.2 Å². The molecule has 2 aromatic rings. The smallest absolute Gasteiger partial charge is 0.248 e. The van der Waals surface area contributed by atoms with Crippen LogP contribution in [0, 0.1) is 0 Å². The standard InChI is InChI=1S/C18H25N3O2S/c1-19(2)18(22)14-23-9-7-16-12-20(13-17-6-4-10-24-17)11-15-5-3-8-21(15)16/h3-6,8,10,16H,7,9,11-14H2,1-2H3. The van der Waals surface area contributed by atoms with Crippen LogP contribution < -0.4 is 0 Å². The Labute approximate surface area is 147 Å². The van der Waals surface area contributed by atoms with E-state index in [0.29, 0.717) is 12.6 Å². The lowest BCUT2D eigenvalue weighted by Crippen LogP contribution is -2.37. The molecule has 6 heteroatoms. The largest absolute Gasteiger partial charge is 0.372 e. The molecule has 24 heavy (non-hydrogen) atoms. The Morgan fingerprint density at radius 2 is 2.25 bits per heavy atom. The number of carbonyl (C=O) groups excluding carboxylic acids is 1. The lowest BCUT2D eigenvalue weighted by Gasteiger charge is -2.35. The summed E-state index contributed by atoms with van der Waals surface area (Å²) < 4.78 is 7.93. The second-order valence-electron chi connectivity index (χ2n) is 6.44. The summed E-state index contributed by atoms with van der Waals surface area (Å²) in [6.45, 7) is 3.77. The molecule has 1 aliphatic rings. The highest BCUT2D eigenvalue weighted by molar-refractivity contribution is 7.09. The van der Waals surface area contributed by atoms with Gasteiger partial charge in [-0.25, -0.2) is 0 Å². The minimum Gasteiger partial charge on any atom is -0.372 e. The highest BCUT2D eigenvalue weighted by Gasteiger charge is 2.24. The Hall–Kier alpha value is -1.63. The average Bonchev–Trinajstić information content (AvgIpc) is 3.22. The summed E-state index contributed by atoms with van der Waals surface area (Å²) >= 11 is 1.81. The second kappa shape index (κ2) is 7.96. The van der Waals surface area contributed by atoms with Gasteiger partial charge in [-0.1, -0.05) is 6.07 Å². The molecule has 0 N–H and O–H groups in total. The van der Waals surface area contributed by atoms with Crippen LogP contribution in [0.4, 0.5) is 0 Å². The van der Waals surface area contributed by atoms with E-state index in [1.807, 2.05) is 11.3 Å². The number of ether oxygens (including phenoxy) is 1. The van der Waals surface area contributed by atoms with Crippen LogP contribution in [0.5, 0.6) is 0 Å². The molecule has 130 valence electrons. The third-order valence-electron chi connectivity index (χ3n) is 4.39. The summed E-state index contributed by atoms with van der Waals surface area (Å²) in [4.78, 5) is 17.0. The zero-order valence-electron chi connectivity index (χ0n) is 14.4. The number of thiophene rings is 1. The Kier molecular flexibility index (Phi) is 5.71. The van der Waals surface area contributed by atoms with Crippen LogP contribution in [0.3, 0.4) is 0 Å². The summed E-state index contributed by atoms with van der Waals surface area (Å²) in [6, 6.07) is 9.03. The maximum atomic E-state index is 11.6. The number of amides is 1. The molecule has 3 heterocycles. The molecule has 2 aromatic heterocycles. The van der Waals surface area contributed by atoms with Crippen molar-refractivity contribution in [2.75, 3.05) is 33.9 Å². The molecule has 1 unspecified atom stereocenters. The first kappa shape index (κ1) is 17.2. The molecule has 0 spiro atoms. The number of fused-ring (bicyclic) bond motifs is 1. The zero-order valence-corrected chi connectivity index (χ0v) is 15.2. The van der Waals surface area contributed by atoms with Crippen LogP contribution in [0.2, 0.25) is 0 Å². The van der Waals surface area contributed by atoms with Gasteiger partial charge >= 0.3 is 0 Å². The SMILES string of the molecule is CN(C)C(=O)COCCC1CN(Cc2cccs2)Cc2cccn21. The van der Waals surface area contributed by atoms with Crippen molar-refractivity contribution in [2.45, 2.75) is 25.6 Å². The van der Waals surface area contributed by atoms with Crippen molar-refractivity contribution in [3.63, 3.8) is 0 Å². The number of hydrogen-bond acceptors (Lipinski definition) is 4. The predicted molar refractivity (Wildman–Crippen MR) is 96.0 cm³/mol. The molecule has 0 aliphatic carbocycles. The topological polar surface area (TPSA) is 37.7 Å². The van der Waals surface area contributed by atoms with Gasteiger partial charge in [-0.15, -0.1) is 11.3 Å². The highest BCUT2D eigenvalue weighted by Crippen LogP contribution is 2.26. The van der Waals surface area contributed by atoms with Crippen molar-refractivity contribution in [1.29, 1.82) is 0 Å². The quantitative estimate of drug-likeness (QED) is 0.723. The van der Waals surface area contributed by atoms with E-state index < -0.39 is 0 Å². The fourth-order valence-electron chi connectivity index (χ4n) is 3.08. The first-order valence-corrected chi connectivity index (χ1v) is 9.20. The van der Waals surface area contributed by atoms with Gasteiger partial charge in [-0.2, -0.15) is 0 Å². The summed E-state index contributed by atoms with van der Waals surface area (Å²) in [7, 11) is 3.50. The maximum absolute atomic E-state index is 11.6. The van der Waals surface area contributed by atoms with E-state index in [1.54, 1.807) is 19.0 Å². The van der Waals surface area contributed by atoms with E-state index in [-0.39, 0.29) is 12.5 Å². The molecule has 3 rings (SSSR count). The van der Waals surface area contributed by atoms with E-state index in [0.717, 1.165) is 26.1 Å². The van der Waals surface area contributed by atoms with E-state index in [4.69, 9.17) is 4.74 Å². The molecule has 0 fully saturated rings. The normalized spacial score (nSPS) is 17.7. The minimum atomic E-state index is 0.0135. The Morgan fingerprint density at radius 3 is 3.00 bits per heavy atom. The zero-order chi connectivity index (χ0) is 16.9. The van der Waals surface area contributed by atoms with Crippen molar-refractivity contribution in [2.24, 2.45) is 0 Å². The average molecular weight is 347 g/mol. The van der Waals surface area contributed by atoms with Crippen LogP contribution in [-0.4, -0.2) is 54.1 Å². The molecule has 1 aliphatic heterocycles. The van der Waals surface area contributed by atoms with Gasteiger partial charge in [0.15, 0.2) is 0 Å². The molecule has 0 radical (unpaired) electrons. The summed E-state index contributed by atoms with van der Waals surface area (Å²) in [6.07, 6.45) is 3.08. The van der Waals surface area contributed by atoms with Gasteiger partial charge in [0.25, 0.3) is 0 Å². The monoisotopic (exact) mass is 347 g/mol. The summed E-state index contributed by atoms with van der Waals surface area (Å²) in [5, 5.41) is 2.13. The molecular weight excluding hydrogens is 322 g/mol. The van der Waals surface area contributed by atoms with E-state index >= 15 is 0 Å². The maximum Gasteiger partial charge on any atom is 0.248 e. The van der Waals surface area contributed by atoms with Crippen molar-refractivity contribution < 1.29 is 9.53 Å². The van der Waals surface area contributed by atoms with E-state index in [2.05, 4.69) is 45.3 Å². The number of likely N-dealkylation sites (N-methyl/N-ethyl adjacent to an activating group) is 1. The van der Waals surface area contributed by atoms with Crippen LogP contribution in [0.1, 0.15) is 23.0 Å². The molecule has 0 bridgehead atoms. The van der Waals surface area contributed by atoms with Crippen LogP contribution in [0.15, 0.2) is 35.8 Å². The third kappa shape index (κ3) is 4.26. The Balaban J connectivity index is 1.55. The molecule has 0 aromatic carbocycles. The van der Waals surface area contributed by atoms with Gasteiger partial charge in [0.2, 0.25) is 5.91 Å². The molecule has 0 saturated carbocycles. The number of rotatable bonds is 7. The summed E-state index contributed by atoms with van der Waals surface area (Å²) in [5.74, 6) is 0.0135. The lowest BCUT2D eigenvalue weighted by atomic mass is 10.1. The minimum absolute atomic E-state index is 0.0135. The van der Waals surface area contributed by atoms with Gasteiger partial charge in [-0.05, 0) is 30.0 Å². The fourth-order valence-corrected chi connectivity index (χ4v) is 3.83. The molecular formula is C18H25N3O2S. The lowest BCUT2D eigenvalue weighted by molar-refractivity contribution is -0.133. The Bertz CT molecular complexity index is 651. The Morgan fingerprint density at radius 1 is 1.38 bits per heavy atom. The van der Waals surface area contributed by atoms with Crippen molar-refractivity contribution in [3.05, 3.63) is 46.4 Å². The van der Waals surface area contributed by atoms with Crippen LogP contribution >= 0.6 is 11.3 Å². The first-order chi connectivity index (χ1) is 11.6. The van der Waals surface area contributed by atoms with E-state index in [1.165, 1.54) is 10.6 Å². The number of nitrogens with zero attached hydrogens (tertiary/aromatic N) is 3. The highest BCUT2D eigenvalue weighted by atomic mass is 32.1. The fraction of sp³-hybridized carbons (Fsp3) is 0.500. The molecule has 0 saturated heterocycles. The van der Waals surface area contributed by atoms with Gasteiger partial charge in [0, 0.05) is 63.1 Å². The number of aromatic nitrogens is 1. The van der Waals surface area contributed by atoms with Gasteiger partial charge in [0.05, 0.1) is 0 Å². The molecule has 5 nitrogen and oxygen atoms in total. The van der Waals surface area contributed by atoms with Crippen LogP contribution in [-0.2, 0) is 22.6 Å². The predicted octanol–water partition coefficient (Wildman–Crippen LogP) is 2.60. The van der Waals surface area contributed by atoms with Gasteiger partial charge in [0.1, 0.15) is 6.61 Å². The van der Waals surface area contributed by atoms with Crippen LogP contribution in [0.25, 0.3) is 0 Å². The second-order valence-corrected chi connectivity index (χ2v) is 7.47. The van der Waals surface area contributed by atoms with Crippen molar-refractivity contribution in [3.8, 4) is 0 Å². The van der Waals surface area contributed by atoms with Gasteiger partial charge in [-0.3, -0.25) is 9.69 Å². The van der Waals surface area contributed by atoms with E-state index in [9.17, 15) is 4.79 Å². The first-order valence-electron chi connectivity index (χ1n) is 8.32. The van der Waals surface area contributed by atoms with Crippen molar-refractivity contribution >= 4 is 17.2 Å². The van der Waals surface area contributed by atoms with Crippen molar-refractivity contribution in [1.82, 2.24) is 14.4 Å². The number of carbonyl (C=O) groups is 1. The molecule has 1 atom stereocenters. The summed E-state index contributed by atoms with van der Waals surface area (Å²) in [5.41, 5.74) is 1.35. The third-order valence-corrected chi connectivity index (χ3v) is 5.26. The number of hydrogen-bond donors (Lipinski definition) is 0. The molecule has 1 amide bonds.